The molecule has 1 aromatic heterocycles. The molecule has 0 amide bonds. The van der Waals surface area contributed by atoms with Crippen LogP contribution in [0.3, 0.4) is 0 Å². The van der Waals surface area contributed by atoms with Gasteiger partial charge in [-0.05, 0) is 12.1 Å². The molecule has 9 heteroatoms. The summed E-state index contributed by atoms with van der Waals surface area (Å²) in [6.07, 6.45) is 0. The standard InChI is InChI=1S/C8H6F2N2O4S/c9-7(10)16-4-1-2-5-6(3-4)12-8(11-5)17(13,14)15/h1-3,7H,(H,11,12)(H,13,14,15). The van der Waals surface area contributed by atoms with Crippen molar-refractivity contribution >= 4 is 21.2 Å². The topological polar surface area (TPSA) is 92.3 Å². The fraction of sp³-hybridized carbons (Fsp3) is 0.125. The minimum Gasteiger partial charge on any atom is -0.435 e. The maximum Gasteiger partial charge on any atom is 0.387 e. The summed E-state index contributed by atoms with van der Waals surface area (Å²) in [5.41, 5.74) is 0.370. The van der Waals surface area contributed by atoms with Crippen LogP contribution in [0.25, 0.3) is 11.0 Å². The first-order valence-corrected chi connectivity index (χ1v) is 5.72. The van der Waals surface area contributed by atoms with Gasteiger partial charge in [-0.25, -0.2) is 4.98 Å². The van der Waals surface area contributed by atoms with Crippen LogP contribution >= 0.6 is 0 Å². The van der Waals surface area contributed by atoms with Crippen LogP contribution in [0.15, 0.2) is 23.4 Å². The molecule has 0 saturated heterocycles. The van der Waals surface area contributed by atoms with Crippen LogP contribution in [0.5, 0.6) is 5.75 Å². The number of aromatic amines is 1. The van der Waals surface area contributed by atoms with Crippen molar-refractivity contribution in [1.82, 2.24) is 9.97 Å². The number of ether oxygens (including phenoxy) is 1. The van der Waals surface area contributed by atoms with Gasteiger partial charge in [0.15, 0.2) is 0 Å². The number of aromatic nitrogens is 2. The number of imidazole rings is 1. The molecule has 0 atom stereocenters. The molecule has 92 valence electrons. The Hall–Kier alpha value is -1.74. The van der Waals surface area contributed by atoms with Crippen molar-refractivity contribution in [3.8, 4) is 5.75 Å². The molecule has 0 bridgehead atoms. The fourth-order valence-electron chi connectivity index (χ4n) is 1.26. The second kappa shape index (κ2) is 3.93. The number of halogens is 2. The highest BCUT2D eigenvalue weighted by Crippen LogP contribution is 2.21. The molecule has 0 saturated carbocycles. The lowest BCUT2D eigenvalue weighted by Gasteiger charge is -2.02. The average molecular weight is 264 g/mol. The summed E-state index contributed by atoms with van der Waals surface area (Å²) in [5.74, 6) is -0.141. The van der Waals surface area contributed by atoms with Crippen LogP contribution in [-0.4, -0.2) is 29.6 Å². The molecule has 0 aliphatic carbocycles. The third-order valence-corrected chi connectivity index (χ3v) is 2.58. The quantitative estimate of drug-likeness (QED) is 0.818. The largest absolute Gasteiger partial charge is 0.435 e. The number of alkyl halides is 2. The Balaban J connectivity index is 2.48. The maximum atomic E-state index is 11.9. The number of nitrogens with one attached hydrogen (secondary N) is 1. The SMILES string of the molecule is O=S(=O)(O)c1nc2ccc(OC(F)F)cc2[nH]1. The van der Waals surface area contributed by atoms with E-state index in [1.54, 1.807) is 0 Å². The summed E-state index contributed by atoms with van der Waals surface area (Å²) in [6, 6.07) is 3.66. The van der Waals surface area contributed by atoms with Crippen molar-refractivity contribution in [3.63, 3.8) is 0 Å². The Kier molecular flexibility index (Phi) is 2.71. The normalized spacial score (nSPS) is 12.2. The van der Waals surface area contributed by atoms with Crippen molar-refractivity contribution in [2.45, 2.75) is 11.8 Å². The van der Waals surface area contributed by atoms with E-state index in [1.807, 2.05) is 0 Å². The van der Waals surface area contributed by atoms with Gasteiger partial charge in [0.25, 0.3) is 5.16 Å². The molecule has 17 heavy (non-hydrogen) atoms. The summed E-state index contributed by atoms with van der Waals surface area (Å²) in [4.78, 5) is 5.84. The first kappa shape index (κ1) is 11.7. The zero-order valence-electron chi connectivity index (χ0n) is 8.09. The zero-order valence-corrected chi connectivity index (χ0v) is 8.91. The highest BCUT2D eigenvalue weighted by molar-refractivity contribution is 7.85. The van der Waals surface area contributed by atoms with Crippen LogP contribution in [0, 0.1) is 0 Å². The number of H-pyrrole nitrogens is 1. The second-order valence-electron chi connectivity index (χ2n) is 3.07. The molecule has 1 heterocycles. The second-order valence-corrected chi connectivity index (χ2v) is 4.41. The molecule has 0 aliphatic rings. The fourth-order valence-corrected chi connectivity index (χ4v) is 1.72. The van der Waals surface area contributed by atoms with E-state index in [0.29, 0.717) is 0 Å². The van der Waals surface area contributed by atoms with Gasteiger partial charge in [-0.2, -0.15) is 17.2 Å². The summed E-state index contributed by atoms with van der Waals surface area (Å²) in [7, 11) is -4.46. The van der Waals surface area contributed by atoms with Gasteiger partial charge in [-0.15, -0.1) is 0 Å². The van der Waals surface area contributed by atoms with Crippen LogP contribution in [0.2, 0.25) is 0 Å². The van der Waals surface area contributed by atoms with E-state index in [-0.39, 0.29) is 16.8 Å². The van der Waals surface area contributed by atoms with E-state index < -0.39 is 21.9 Å². The van der Waals surface area contributed by atoms with Gasteiger partial charge in [-0.1, -0.05) is 0 Å². The molecular formula is C8H6F2N2O4S. The molecule has 2 N–H and O–H groups in total. The van der Waals surface area contributed by atoms with Gasteiger partial charge in [0.2, 0.25) is 0 Å². The number of hydrogen-bond acceptors (Lipinski definition) is 4. The Bertz CT molecular complexity index is 653. The van der Waals surface area contributed by atoms with Crippen LogP contribution in [0.1, 0.15) is 0 Å². The minimum atomic E-state index is -4.46. The Morgan fingerprint density at radius 3 is 2.71 bits per heavy atom. The molecule has 0 spiro atoms. The summed E-state index contributed by atoms with van der Waals surface area (Å²) in [6.45, 7) is -2.98. The lowest BCUT2D eigenvalue weighted by Crippen LogP contribution is -2.01. The molecule has 0 aliphatic heterocycles. The summed E-state index contributed by atoms with van der Waals surface area (Å²) in [5, 5.41) is -0.651. The van der Waals surface area contributed by atoms with E-state index in [2.05, 4.69) is 14.7 Å². The minimum absolute atomic E-state index is 0.141. The smallest absolute Gasteiger partial charge is 0.387 e. The predicted octanol–water partition coefficient (Wildman–Crippen LogP) is 1.41. The third-order valence-electron chi connectivity index (χ3n) is 1.90. The first-order chi connectivity index (χ1) is 7.86. The van der Waals surface area contributed by atoms with E-state index in [9.17, 15) is 17.2 Å². The van der Waals surface area contributed by atoms with E-state index in [1.165, 1.54) is 12.1 Å². The third kappa shape index (κ3) is 2.50. The van der Waals surface area contributed by atoms with Crippen molar-refractivity contribution in [3.05, 3.63) is 18.2 Å². The molecular weight excluding hydrogens is 258 g/mol. The molecule has 0 fully saturated rings. The zero-order chi connectivity index (χ0) is 12.6. The van der Waals surface area contributed by atoms with Crippen molar-refractivity contribution in [1.29, 1.82) is 0 Å². The first-order valence-electron chi connectivity index (χ1n) is 4.28. The maximum absolute atomic E-state index is 11.9. The van der Waals surface area contributed by atoms with Gasteiger partial charge in [0.1, 0.15) is 5.75 Å². The van der Waals surface area contributed by atoms with Gasteiger partial charge in [0, 0.05) is 6.07 Å². The van der Waals surface area contributed by atoms with E-state index >= 15 is 0 Å². The van der Waals surface area contributed by atoms with Crippen LogP contribution in [0.4, 0.5) is 8.78 Å². The monoisotopic (exact) mass is 264 g/mol. The Labute approximate surface area is 94.0 Å². The van der Waals surface area contributed by atoms with Crippen molar-refractivity contribution < 1.29 is 26.5 Å². The van der Waals surface area contributed by atoms with Crippen LogP contribution < -0.4 is 4.74 Å². The Morgan fingerprint density at radius 1 is 1.41 bits per heavy atom. The Morgan fingerprint density at radius 2 is 2.12 bits per heavy atom. The lowest BCUT2D eigenvalue weighted by atomic mass is 10.3. The van der Waals surface area contributed by atoms with Crippen molar-refractivity contribution in [2.24, 2.45) is 0 Å². The molecule has 0 unspecified atom stereocenters. The molecule has 2 rings (SSSR count). The number of fused-ring (bicyclic) bond motifs is 1. The number of benzene rings is 1. The van der Waals surface area contributed by atoms with Gasteiger partial charge >= 0.3 is 16.7 Å². The molecule has 0 radical (unpaired) electrons. The van der Waals surface area contributed by atoms with E-state index in [0.717, 1.165) is 6.07 Å². The predicted molar refractivity (Wildman–Crippen MR) is 52.5 cm³/mol. The lowest BCUT2D eigenvalue weighted by molar-refractivity contribution is -0.0497. The van der Waals surface area contributed by atoms with Gasteiger partial charge < -0.3 is 9.72 Å². The number of rotatable bonds is 3. The number of nitrogens with zero attached hydrogens (tertiary/aromatic N) is 1. The van der Waals surface area contributed by atoms with Gasteiger partial charge in [0.05, 0.1) is 11.0 Å². The molecule has 1 aromatic carbocycles. The highest BCUT2D eigenvalue weighted by Gasteiger charge is 2.15. The summed E-state index contributed by atoms with van der Waals surface area (Å²) >= 11 is 0. The molecule has 6 nitrogen and oxygen atoms in total. The molecule has 2 aromatic rings. The summed E-state index contributed by atoms with van der Waals surface area (Å²) < 4.78 is 58.3. The highest BCUT2D eigenvalue weighted by atomic mass is 32.2. The van der Waals surface area contributed by atoms with Crippen LogP contribution in [-0.2, 0) is 10.1 Å². The average Bonchev–Trinajstić information content (AvgIpc) is 2.58. The van der Waals surface area contributed by atoms with E-state index in [4.69, 9.17) is 4.55 Å². The number of hydrogen-bond donors (Lipinski definition) is 2. The van der Waals surface area contributed by atoms with Crippen molar-refractivity contribution in [2.75, 3.05) is 0 Å². The van der Waals surface area contributed by atoms with Gasteiger partial charge in [-0.3, -0.25) is 4.55 Å².